The average molecular weight is 354 g/mol. The smallest absolute Gasteiger partial charge is 0.270 e. The van der Waals surface area contributed by atoms with Crippen LogP contribution in [-0.4, -0.2) is 35.1 Å². The molecular weight excluding hydrogens is 336 g/mol. The Morgan fingerprint density at radius 1 is 1.15 bits per heavy atom. The van der Waals surface area contributed by atoms with Crippen LogP contribution in [0.1, 0.15) is 39.1 Å². The van der Waals surface area contributed by atoms with Gasteiger partial charge in [-0.2, -0.15) is 0 Å². The van der Waals surface area contributed by atoms with Crippen molar-refractivity contribution in [2.45, 2.75) is 19.4 Å². The fourth-order valence-corrected chi connectivity index (χ4v) is 2.88. The van der Waals surface area contributed by atoms with Gasteiger partial charge in [-0.25, -0.2) is 0 Å². The topological polar surface area (TPSA) is 89.7 Å². The molecule has 3 rings (SSSR count). The normalized spacial score (nSPS) is 13.5. The number of carbonyl (C=O) groups excluding carboxylic acids is 2. The van der Waals surface area contributed by atoms with E-state index in [4.69, 9.17) is 4.74 Å². The second-order valence-corrected chi connectivity index (χ2v) is 6.08. The molecule has 2 aromatic rings. The van der Waals surface area contributed by atoms with Gasteiger partial charge in [-0.3, -0.25) is 19.7 Å². The summed E-state index contributed by atoms with van der Waals surface area (Å²) in [7, 11) is 0. The molecule has 0 atom stereocenters. The van der Waals surface area contributed by atoms with Gasteiger partial charge in [0.15, 0.2) is 6.29 Å². The van der Waals surface area contributed by atoms with Crippen LogP contribution in [0.5, 0.6) is 5.75 Å². The number of hydrogen-bond acceptors (Lipinski definition) is 5. The van der Waals surface area contributed by atoms with E-state index < -0.39 is 4.92 Å². The molecule has 1 amide bonds. The second kappa shape index (κ2) is 7.77. The molecule has 26 heavy (non-hydrogen) atoms. The summed E-state index contributed by atoms with van der Waals surface area (Å²) in [5.74, 6) is 0.316. The summed E-state index contributed by atoms with van der Waals surface area (Å²) < 4.78 is 5.60. The monoisotopic (exact) mass is 354 g/mol. The minimum absolute atomic E-state index is 0.0357. The number of rotatable bonds is 6. The van der Waals surface area contributed by atoms with Gasteiger partial charge < -0.3 is 9.64 Å². The highest BCUT2D eigenvalue weighted by molar-refractivity contribution is 5.94. The van der Waals surface area contributed by atoms with Gasteiger partial charge in [0.2, 0.25) is 0 Å². The van der Waals surface area contributed by atoms with Crippen molar-refractivity contribution in [2.24, 2.45) is 0 Å². The maximum Gasteiger partial charge on any atom is 0.270 e. The van der Waals surface area contributed by atoms with E-state index >= 15 is 0 Å². The number of amides is 1. The summed E-state index contributed by atoms with van der Waals surface area (Å²) in [6, 6.07) is 11.0. The van der Waals surface area contributed by atoms with Gasteiger partial charge >= 0.3 is 0 Å². The van der Waals surface area contributed by atoms with Crippen LogP contribution in [0.4, 0.5) is 5.69 Å². The number of non-ortho nitro benzene ring substituents is 1. The van der Waals surface area contributed by atoms with Gasteiger partial charge in [0.05, 0.1) is 10.5 Å². The first-order valence-electron chi connectivity index (χ1n) is 8.33. The molecule has 0 aromatic heterocycles. The molecule has 0 unspecified atom stereocenters. The first-order valence-corrected chi connectivity index (χ1v) is 8.33. The van der Waals surface area contributed by atoms with E-state index in [1.165, 1.54) is 18.2 Å². The van der Waals surface area contributed by atoms with Gasteiger partial charge in [0.25, 0.3) is 11.6 Å². The molecule has 0 spiro atoms. The number of aldehydes is 1. The lowest BCUT2D eigenvalue weighted by Gasteiger charge is -2.15. The predicted octanol–water partition coefficient (Wildman–Crippen LogP) is 3.22. The molecule has 0 bridgehead atoms. The summed E-state index contributed by atoms with van der Waals surface area (Å²) in [5, 5.41) is 10.8. The number of nitro groups is 1. The van der Waals surface area contributed by atoms with Crippen LogP contribution in [0.3, 0.4) is 0 Å². The van der Waals surface area contributed by atoms with Gasteiger partial charge in [0, 0.05) is 30.8 Å². The van der Waals surface area contributed by atoms with Crippen molar-refractivity contribution in [1.29, 1.82) is 0 Å². The number of likely N-dealkylation sites (tertiary alicyclic amines) is 1. The Bertz CT molecular complexity index is 826. The Hall–Kier alpha value is -3.22. The molecule has 0 N–H and O–H groups in total. The molecule has 2 aromatic carbocycles. The molecule has 134 valence electrons. The van der Waals surface area contributed by atoms with Crippen molar-refractivity contribution >= 4 is 17.9 Å². The molecular formula is C19H18N2O5. The molecule has 0 radical (unpaired) electrons. The highest BCUT2D eigenvalue weighted by atomic mass is 16.6. The van der Waals surface area contributed by atoms with Gasteiger partial charge in [-0.15, -0.1) is 0 Å². The van der Waals surface area contributed by atoms with Crippen LogP contribution in [0.15, 0.2) is 42.5 Å². The summed E-state index contributed by atoms with van der Waals surface area (Å²) in [5.41, 5.74) is 1.43. The van der Waals surface area contributed by atoms with E-state index in [1.807, 2.05) is 4.90 Å². The quantitative estimate of drug-likeness (QED) is 0.451. The number of benzene rings is 2. The van der Waals surface area contributed by atoms with E-state index in [0.29, 0.717) is 11.8 Å². The van der Waals surface area contributed by atoms with Crippen LogP contribution in [0, 0.1) is 10.1 Å². The van der Waals surface area contributed by atoms with Crippen molar-refractivity contribution in [1.82, 2.24) is 4.90 Å². The molecule has 7 heteroatoms. The molecule has 1 aliphatic rings. The molecule has 1 aliphatic heterocycles. The van der Waals surface area contributed by atoms with Gasteiger partial charge in [0.1, 0.15) is 12.4 Å². The molecule has 0 saturated carbocycles. The molecule has 1 saturated heterocycles. The Morgan fingerprint density at radius 2 is 1.85 bits per heavy atom. The zero-order chi connectivity index (χ0) is 18.5. The van der Waals surface area contributed by atoms with E-state index in [1.54, 1.807) is 24.3 Å². The highest BCUT2D eigenvalue weighted by Crippen LogP contribution is 2.24. The van der Waals surface area contributed by atoms with Crippen LogP contribution in [0.2, 0.25) is 0 Å². The minimum Gasteiger partial charge on any atom is -0.488 e. The number of nitro benzene ring substituents is 1. The predicted molar refractivity (Wildman–Crippen MR) is 94.4 cm³/mol. The van der Waals surface area contributed by atoms with Crippen LogP contribution in [-0.2, 0) is 6.61 Å². The van der Waals surface area contributed by atoms with Crippen molar-refractivity contribution in [3.8, 4) is 5.75 Å². The summed E-state index contributed by atoms with van der Waals surface area (Å²) in [4.78, 5) is 35.5. The maximum absolute atomic E-state index is 12.3. The fraction of sp³-hybridized carbons (Fsp3) is 0.263. The largest absolute Gasteiger partial charge is 0.488 e. The Kier molecular flexibility index (Phi) is 5.26. The van der Waals surface area contributed by atoms with E-state index in [-0.39, 0.29) is 29.5 Å². The number of carbonyl (C=O) groups is 2. The third-order valence-corrected chi connectivity index (χ3v) is 4.32. The first kappa shape index (κ1) is 17.6. The second-order valence-electron chi connectivity index (χ2n) is 6.08. The standard InChI is InChI=1S/C19H18N2O5/c22-12-16-11-17(21(24)25)7-8-18(16)26-13-14-3-5-15(6-4-14)19(23)20-9-1-2-10-20/h3-8,11-12H,1-2,9-10,13H2. The molecule has 0 aliphatic carbocycles. The summed E-state index contributed by atoms with van der Waals surface area (Å²) >= 11 is 0. The van der Waals surface area contributed by atoms with E-state index in [0.717, 1.165) is 31.5 Å². The van der Waals surface area contributed by atoms with Crippen LogP contribution in [0.25, 0.3) is 0 Å². The lowest BCUT2D eigenvalue weighted by Crippen LogP contribution is -2.27. The Balaban J connectivity index is 1.65. The van der Waals surface area contributed by atoms with Crippen molar-refractivity contribution < 1.29 is 19.2 Å². The SMILES string of the molecule is O=Cc1cc([N+](=O)[O-])ccc1OCc1ccc(C(=O)N2CCCC2)cc1. The lowest BCUT2D eigenvalue weighted by atomic mass is 10.1. The summed E-state index contributed by atoms with van der Waals surface area (Å²) in [6.45, 7) is 1.80. The summed E-state index contributed by atoms with van der Waals surface area (Å²) in [6.07, 6.45) is 2.62. The Labute approximate surface area is 150 Å². The highest BCUT2D eigenvalue weighted by Gasteiger charge is 2.19. The van der Waals surface area contributed by atoms with E-state index in [9.17, 15) is 19.7 Å². The average Bonchev–Trinajstić information content (AvgIpc) is 3.20. The molecule has 1 fully saturated rings. The zero-order valence-corrected chi connectivity index (χ0v) is 14.1. The zero-order valence-electron chi connectivity index (χ0n) is 14.1. The fourth-order valence-electron chi connectivity index (χ4n) is 2.88. The van der Waals surface area contributed by atoms with Crippen molar-refractivity contribution in [3.05, 3.63) is 69.3 Å². The molecule has 7 nitrogen and oxygen atoms in total. The lowest BCUT2D eigenvalue weighted by molar-refractivity contribution is -0.384. The van der Waals surface area contributed by atoms with Crippen molar-refractivity contribution in [2.75, 3.05) is 13.1 Å². The first-order chi connectivity index (χ1) is 12.6. The van der Waals surface area contributed by atoms with Crippen molar-refractivity contribution in [3.63, 3.8) is 0 Å². The third kappa shape index (κ3) is 3.88. The van der Waals surface area contributed by atoms with Gasteiger partial charge in [-0.05, 0) is 36.6 Å². The van der Waals surface area contributed by atoms with Crippen LogP contribution < -0.4 is 4.74 Å². The number of hydrogen-bond donors (Lipinski definition) is 0. The maximum atomic E-state index is 12.3. The van der Waals surface area contributed by atoms with E-state index in [2.05, 4.69) is 0 Å². The Morgan fingerprint density at radius 3 is 2.46 bits per heavy atom. The number of nitrogens with zero attached hydrogens (tertiary/aromatic N) is 2. The van der Waals surface area contributed by atoms with Crippen LogP contribution >= 0.6 is 0 Å². The van der Waals surface area contributed by atoms with Gasteiger partial charge in [-0.1, -0.05) is 12.1 Å². The molecule has 1 heterocycles. The minimum atomic E-state index is -0.563. The number of ether oxygens (including phenoxy) is 1. The third-order valence-electron chi connectivity index (χ3n) is 4.32.